The summed E-state index contributed by atoms with van der Waals surface area (Å²) in [5, 5.41) is 0. The highest BCUT2D eigenvalue weighted by Crippen LogP contribution is 2.22. The van der Waals surface area contributed by atoms with Gasteiger partial charge in [0.2, 0.25) is 0 Å². The van der Waals surface area contributed by atoms with E-state index in [0.717, 1.165) is 29.7 Å². The number of carbonyl (C=O) groups is 1. The van der Waals surface area contributed by atoms with Gasteiger partial charge in [0.15, 0.2) is 6.29 Å². The molecule has 0 unspecified atom stereocenters. The molecule has 0 aliphatic rings. The molecule has 2 nitrogen and oxygen atoms in total. The van der Waals surface area contributed by atoms with Crippen molar-refractivity contribution in [3.05, 3.63) is 52.8 Å². The van der Waals surface area contributed by atoms with E-state index in [1.54, 1.807) is 0 Å². The van der Waals surface area contributed by atoms with Crippen LogP contribution < -0.4 is 0 Å². The van der Waals surface area contributed by atoms with Crippen molar-refractivity contribution in [2.24, 2.45) is 0 Å². The summed E-state index contributed by atoms with van der Waals surface area (Å²) in [5.41, 5.74) is 5.36. The van der Waals surface area contributed by atoms with Gasteiger partial charge in [-0.1, -0.05) is 25.1 Å². The highest BCUT2D eigenvalue weighted by atomic mass is 16.1. The molecule has 0 aliphatic carbocycles. The van der Waals surface area contributed by atoms with E-state index in [2.05, 4.69) is 29.7 Å². The van der Waals surface area contributed by atoms with E-state index < -0.39 is 0 Å². The molecule has 0 atom stereocenters. The minimum atomic E-state index is 0.772. The van der Waals surface area contributed by atoms with Gasteiger partial charge >= 0.3 is 0 Å². The molecule has 88 valence electrons. The molecule has 0 saturated carbocycles. The molecule has 0 spiro atoms. The van der Waals surface area contributed by atoms with Crippen molar-refractivity contribution < 1.29 is 4.79 Å². The Bertz CT molecular complexity index is 552. The number of hydrogen-bond donors (Lipinski definition) is 0. The van der Waals surface area contributed by atoms with E-state index in [4.69, 9.17) is 0 Å². The maximum Gasteiger partial charge on any atom is 0.151 e. The number of aldehydes is 1. The average Bonchev–Trinajstić information content (AvgIpc) is 2.64. The van der Waals surface area contributed by atoms with Crippen LogP contribution in [0.25, 0.3) is 5.69 Å². The zero-order valence-corrected chi connectivity index (χ0v) is 10.5. The van der Waals surface area contributed by atoms with Crippen LogP contribution in [0.4, 0.5) is 0 Å². The zero-order chi connectivity index (χ0) is 12.4. The lowest BCUT2D eigenvalue weighted by Crippen LogP contribution is -2.03. The average molecular weight is 227 g/mol. The summed E-state index contributed by atoms with van der Waals surface area (Å²) >= 11 is 0. The normalized spacial score (nSPS) is 10.5. The largest absolute Gasteiger partial charge is 0.318 e. The van der Waals surface area contributed by atoms with Crippen molar-refractivity contribution in [2.45, 2.75) is 27.2 Å². The van der Waals surface area contributed by atoms with Gasteiger partial charge in [0.1, 0.15) is 0 Å². The van der Waals surface area contributed by atoms with Crippen LogP contribution >= 0.6 is 0 Å². The number of benzene rings is 1. The Labute approximate surface area is 102 Å². The van der Waals surface area contributed by atoms with E-state index in [1.807, 2.05) is 26.0 Å². The summed E-state index contributed by atoms with van der Waals surface area (Å²) in [5.74, 6) is 0. The van der Waals surface area contributed by atoms with Gasteiger partial charge in [0, 0.05) is 22.6 Å². The maximum absolute atomic E-state index is 11.0. The zero-order valence-electron chi connectivity index (χ0n) is 10.5. The molecule has 17 heavy (non-hydrogen) atoms. The summed E-state index contributed by atoms with van der Waals surface area (Å²) < 4.78 is 2.16. The van der Waals surface area contributed by atoms with Gasteiger partial charge in [-0.2, -0.15) is 0 Å². The van der Waals surface area contributed by atoms with Crippen molar-refractivity contribution in [1.29, 1.82) is 0 Å². The Morgan fingerprint density at radius 3 is 2.53 bits per heavy atom. The lowest BCUT2D eigenvalue weighted by atomic mass is 10.1. The fourth-order valence-electron chi connectivity index (χ4n) is 2.31. The fourth-order valence-corrected chi connectivity index (χ4v) is 2.31. The van der Waals surface area contributed by atoms with Crippen molar-refractivity contribution >= 4 is 6.29 Å². The fraction of sp³-hybridized carbons (Fsp3) is 0.267. The minimum Gasteiger partial charge on any atom is -0.318 e. The number of rotatable bonds is 3. The van der Waals surface area contributed by atoms with Gasteiger partial charge in [0.05, 0.1) is 0 Å². The highest BCUT2D eigenvalue weighted by molar-refractivity contribution is 5.77. The molecule has 1 aromatic carbocycles. The first-order valence-corrected chi connectivity index (χ1v) is 5.91. The minimum absolute atomic E-state index is 0.772. The molecule has 2 rings (SSSR count). The summed E-state index contributed by atoms with van der Waals surface area (Å²) in [7, 11) is 0. The first-order valence-electron chi connectivity index (χ1n) is 5.91. The second kappa shape index (κ2) is 4.58. The summed E-state index contributed by atoms with van der Waals surface area (Å²) in [4.78, 5) is 11.0. The van der Waals surface area contributed by atoms with Crippen molar-refractivity contribution in [3.63, 3.8) is 0 Å². The Morgan fingerprint density at radius 2 is 1.94 bits per heavy atom. The van der Waals surface area contributed by atoms with Gasteiger partial charge in [-0.25, -0.2) is 0 Å². The van der Waals surface area contributed by atoms with E-state index >= 15 is 0 Å². The third-order valence-corrected chi connectivity index (χ3v) is 3.21. The number of carbonyl (C=O) groups excluding carboxylic acids is 1. The second-order valence-corrected chi connectivity index (χ2v) is 4.26. The molecule has 0 saturated heterocycles. The molecule has 1 heterocycles. The first kappa shape index (κ1) is 11.6. The maximum atomic E-state index is 11.0. The molecule has 0 fully saturated rings. The van der Waals surface area contributed by atoms with Crippen LogP contribution in [0.5, 0.6) is 0 Å². The topological polar surface area (TPSA) is 22.0 Å². The highest BCUT2D eigenvalue weighted by Gasteiger charge is 2.11. The smallest absolute Gasteiger partial charge is 0.151 e. The van der Waals surface area contributed by atoms with Crippen molar-refractivity contribution in [3.8, 4) is 5.69 Å². The Balaban J connectivity index is 2.68. The molecule has 1 aromatic heterocycles. The van der Waals surface area contributed by atoms with E-state index in [-0.39, 0.29) is 0 Å². The number of nitrogens with zero attached hydrogens (tertiary/aromatic N) is 1. The number of aromatic nitrogens is 1. The van der Waals surface area contributed by atoms with Crippen LogP contribution in [0.2, 0.25) is 0 Å². The SMILES string of the molecule is CCc1ccccc1-n1c(C)cc(C=O)c1C. The predicted molar refractivity (Wildman–Crippen MR) is 70.0 cm³/mol. The molecular weight excluding hydrogens is 210 g/mol. The van der Waals surface area contributed by atoms with E-state index in [9.17, 15) is 4.79 Å². The molecule has 0 radical (unpaired) electrons. The van der Waals surface area contributed by atoms with Crippen LogP contribution in [0, 0.1) is 13.8 Å². The Morgan fingerprint density at radius 1 is 1.24 bits per heavy atom. The van der Waals surface area contributed by atoms with Gasteiger partial charge in [-0.05, 0) is 38.0 Å². The number of hydrogen-bond acceptors (Lipinski definition) is 1. The van der Waals surface area contributed by atoms with E-state index in [1.165, 1.54) is 11.3 Å². The molecule has 0 aliphatic heterocycles. The van der Waals surface area contributed by atoms with Crippen molar-refractivity contribution in [1.82, 2.24) is 4.57 Å². The lowest BCUT2D eigenvalue weighted by Gasteiger charge is -2.13. The van der Waals surface area contributed by atoms with E-state index in [0.29, 0.717) is 0 Å². The van der Waals surface area contributed by atoms with Gasteiger partial charge in [-0.15, -0.1) is 0 Å². The quantitative estimate of drug-likeness (QED) is 0.736. The Kier molecular flexibility index (Phi) is 3.14. The summed E-state index contributed by atoms with van der Waals surface area (Å²) in [6, 6.07) is 10.3. The summed E-state index contributed by atoms with van der Waals surface area (Å²) in [6.07, 6.45) is 1.91. The van der Waals surface area contributed by atoms with Crippen LogP contribution in [0.1, 0.15) is 34.2 Å². The predicted octanol–water partition coefficient (Wildman–Crippen LogP) is 3.47. The van der Waals surface area contributed by atoms with Crippen LogP contribution in [-0.4, -0.2) is 10.9 Å². The van der Waals surface area contributed by atoms with Crippen LogP contribution in [0.15, 0.2) is 30.3 Å². The third-order valence-electron chi connectivity index (χ3n) is 3.21. The molecule has 0 bridgehead atoms. The molecule has 2 aromatic rings. The first-order chi connectivity index (χ1) is 8.19. The van der Waals surface area contributed by atoms with Crippen molar-refractivity contribution in [2.75, 3.05) is 0 Å². The molecular formula is C15H17NO. The number of aryl methyl sites for hydroxylation is 2. The number of para-hydroxylation sites is 1. The van der Waals surface area contributed by atoms with Gasteiger partial charge in [-0.3, -0.25) is 4.79 Å². The molecule has 2 heteroatoms. The van der Waals surface area contributed by atoms with Crippen LogP contribution in [-0.2, 0) is 6.42 Å². The van der Waals surface area contributed by atoms with Gasteiger partial charge < -0.3 is 4.57 Å². The Hall–Kier alpha value is -1.83. The monoisotopic (exact) mass is 227 g/mol. The molecule has 0 amide bonds. The summed E-state index contributed by atoms with van der Waals surface area (Å²) in [6.45, 7) is 6.17. The standard InChI is InChI=1S/C15H17NO/c1-4-13-7-5-6-8-15(13)16-11(2)9-14(10-17)12(16)3/h5-10H,4H2,1-3H3. The second-order valence-electron chi connectivity index (χ2n) is 4.26. The van der Waals surface area contributed by atoms with Gasteiger partial charge in [0.25, 0.3) is 0 Å². The molecule has 0 N–H and O–H groups in total. The third kappa shape index (κ3) is 1.91. The van der Waals surface area contributed by atoms with Crippen LogP contribution in [0.3, 0.4) is 0 Å². The lowest BCUT2D eigenvalue weighted by molar-refractivity contribution is 0.112.